The fourth-order valence-corrected chi connectivity index (χ4v) is 8.80. The molecule has 12 heteroatoms. The van der Waals surface area contributed by atoms with Crippen LogP contribution >= 0.6 is 34.4 Å². The van der Waals surface area contributed by atoms with Gasteiger partial charge >= 0.3 is 0 Å². The molecule has 1 unspecified atom stereocenters. The molecule has 0 N–H and O–H groups in total. The summed E-state index contributed by atoms with van der Waals surface area (Å²) in [6.45, 7) is 4.50. The summed E-state index contributed by atoms with van der Waals surface area (Å²) in [7, 11) is -3.72. The first kappa shape index (κ1) is 25.1. The molecule has 1 amide bonds. The first-order valence-electron chi connectivity index (χ1n) is 11.6. The van der Waals surface area contributed by atoms with E-state index in [1.165, 1.54) is 27.0 Å². The molecule has 8 nitrogen and oxygen atoms in total. The third-order valence-corrected chi connectivity index (χ3v) is 11.4. The minimum absolute atomic E-state index is 0.194. The van der Waals surface area contributed by atoms with Gasteiger partial charge in [-0.15, -0.1) is 23.1 Å². The second-order valence-corrected chi connectivity index (χ2v) is 13.4. The molecule has 2 aromatic heterocycles. The van der Waals surface area contributed by atoms with Crippen molar-refractivity contribution in [1.29, 1.82) is 0 Å². The van der Waals surface area contributed by atoms with Crippen molar-refractivity contribution >= 4 is 65.7 Å². The van der Waals surface area contributed by atoms with Gasteiger partial charge in [0.2, 0.25) is 5.91 Å². The number of carbonyl (C=O) groups is 1. The van der Waals surface area contributed by atoms with Crippen molar-refractivity contribution in [2.24, 2.45) is 0 Å². The summed E-state index contributed by atoms with van der Waals surface area (Å²) in [6, 6.07) is 8.71. The summed E-state index contributed by atoms with van der Waals surface area (Å²) in [5.41, 5.74) is 0.849. The van der Waals surface area contributed by atoms with E-state index in [0.717, 1.165) is 28.2 Å². The smallest absolute Gasteiger partial charge is 0.253 e. The zero-order valence-corrected chi connectivity index (χ0v) is 22.7. The number of fused-ring (bicyclic) bond motifs is 1. The molecule has 0 aliphatic carbocycles. The molecule has 0 bridgehead atoms. The van der Waals surface area contributed by atoms with E-state index in [9.17, 15) is 13.2 Å². The van der Waals surface area contributed by atoms with Crippen molar-refractivity contribution in [2.45, 2.75) is 28.0 Å². The Balaban J connectivity index is 1.45. The van der Waals surface area contributed by atoms with Crippen LogP contribution in [0, 0.1) is 0 Å². The molecule has 2 aliphatic heterocycles. The summed E-state index contributed by atoms with van der Waals surface area (Å²) in [5, 5.41) is 2.37. The number of hydrogen-bond acceptors (Lipinski definition) is 9. The molecule has 1 aromatic carbocycles. The van der Waals surface area contributed by atoms with Crippen LogP contribution in [0.15, 0.2) is 44.8 Å². The maximum absolute atomic E-state index is 14.0. The lowest BCUT2D eigenvalue weighted by Crippen LogP contribution is -2.50. The number of carbonyl (C=O) groups excluding carboxylic acids is 1. The molecule has 0 saturated carbocycles. The fraction of sp³-hybridized carbons (Fsp3) is 0.478. The van der Waals surface area contributed by atoms with Crippen LogP contribution in [0.4, 0.5) is 5.13 Å². The molecule has 0 spiro atoms. The number of amides is 1. The van der Waals surface area contributed by atoms with Gasteiger partial charge in [-0.1, -0.05) is 17.4 Å². The van der Waals surface area contributed by atoms with Crippen LogP contribution in [-0.4, -0.2) is 86.7 Å². The third kappa shape index (κ3) is 5.29. The van der Waals surface area contributed by atoms with Crippen LogP contribution in [0.2, 0.25) is 0 Å². The maximum atomic E-state index is 14.0. The van der Waals surface area contributed by atoms with E-state index in [1.807, 2.05) is 18.4 Å². The summed E-state index contributed by atoms with van der Waals surface area (Å²) in [5.74, 6) is -0.194. The number of morpholine rings is 1. The van der Waals surface area contributed by atoms with E-state index in [0.29, 0.717) is 50.8 Å². The van der Waals surface area contributed by atoms with Gasteiger partial charge in [-0.3, -0.25) is 14.6 Å². The number of benzene rings is 1. The summed E-state index contributed by atoms with van der Waals surface area (Å²) >= 11 is 4.34. The number of sulfonamides is 1. The Kier molecular flexibility index (Phi) is 7.78. The zero-order valence-electron chi connectivity index (χ0n) is 19.5. The van der Waals surface area contributed by atoms with Gasteiger partial charge < -0.3 is 4.74 Å². The highest BCUT2D eigenvalue weighted by atomic mass is 32.2. The molecule has 2 aliphatic rings. The molecule has 4 heterocycles. The molecule has 2 fully saturated rings. The number of thiazole rings is 1. The molecule has 35 heavy (non-hydrogen) atoms. The third-order valence-electron chi connectivity index (χ3n) is 6.37. The Morgan fingerprint density at radius 1 is 1.26 bits per heavy atom. The van der Waals surface area contributed by atoms with E-state index in [1.54, 1.807) is 34.2 Å². The van der Waals surface area contributed by atoms with E-state index >= 15 is 0 Å². The van der Waals surface area contributed by atoms with Crippen LogP contribution < -0.4 is 4.90 Å². The van der Waals surface area contributed by atoms with Gasteiger partial charge in [0.1, 0.15) is 10.3 Å². The monoisotopic (exact) mass is 552 g/mol. The Morgan fingerprint density at radius 3 is 2.83 bits per heavy atom. The van der Waals surface area contributed by atoms with Crippen molar-refractivity contribution in [3.63, 3.8) is 0 Å². The lowest BCUT2D eigenvalue weighted by atomic mass is 10.2. The van der Waals surface area contributed by atoms with Crippen molar-refractivity contribution in [2.75, 3.05) is 57.1 Å². The normalized spacial score (nSPS) is 20.0. The van der Waals surface area contributed by atoms with Crippen LogP contribution in [0.25, 0.3) is 10.2 Å². The highest BCUT2D eigenvalue weighted by Crippen LogP contribution is 2.34. The number of thiophene rings is 1. The summed E-state index contributed by atoms with van der Waals surface area (Å²) in [4.78, 5) is 23.9. The van der Waals surface area contributed by atoms with Gasteiger partial charge in [0.05, 0.1) is 23.4 Å². The number of aromatic nitrogens is 1. The maximum Gasteiger partial charge on any atom is 0.253 e. The standard InChI is InChI=1S/C23H28N4O4S4/c1-32-17-6-7-18-20(16-17)34-23(24-18)26(10-9-25-11-13-31-14-12-25)22(28)19-4-2-8-27(19)35(29,30)21-5-3-15-33-21/h3,5-7,15-16,19H,2,4,8-14H2,1H3. The Hall–Kier alpha value is -1.54. The highest BCUT2D eigenvalue weighted by Gasteiger charge is 2.42. The van der Waals surface area contributed by atoms with E-state index in [-0.39, 0.29) is 10.1 Å². The molecule has 188 valence electrons. The predicted octanol–water partition coefficient (Wildman–Crippen LogP) is 3.60. The van der Waals surface area contributed by atoms with E-state index in [4.69, 9.17) is 9.72 Å². The largest absolute Gasteiger partial charge is 0.379 e. The molecule has 3 aromatic rings. The fourth-order valence-electron chi connectivity index (χ4n) is 4.48. The molecule has 2 saturated heterocycles. The average Bonchev–Trinajstić information content (AvgIpc) is 3.65. The first-order chi connectivity index (χ1) is 17.0. The Morgan fingerprint density at radius 2 is 2.09 bits per heavy atom. The number of hydrogen-bond donors (Lipinski definition) is 0. The summed E-state index contributed by atoms with van der Waals surface area (Å²) < 4.78 is 34.8. The number of anilines is 1. The second-order valence-electron chi connectivity index (χ2n) is 8.48. The van der Waals surface area contributed by atoms with Crippen LogP contribution in [0.5, 0.6) is 0 Å². The topological polar surface area (TPSA) is 83.1 Å². The lowest BCUT2D eigenvalue weighted by Gasteiger charge is -2.31. The minimum atomic E-state index is -3.72. The van der Waals surface area contributed by atoms with Crippen LogP contribution in [-0.2, 0) is 19.6 Å². The van der Waals surface area contributed by atoms with Crippen molar-refractivity contribution in [1.82, 2.24) is 14.2 Å². The van der Waals surface area contributed by atoms with Gasteiger partial charge in [-0.05, 0) is 48.7 Å². The molecule has 0 radical (unpaired) electrons. The lowest BCUT2D eigenvalue weighted by molar-refractivity contribution is -0.121. The quantitative estimate of drug-likeness (QED) is 0.395. The van der Waals surface area contributed by atoms with Crippen LogP contribution in [0.3, 0.4) is 0 Å². The van der Waals surface area contributed by atoms with Crippen molar-refractivity contribution in [3.8, 4) is 0 Å². The predicted molar refractivity (Wildman–Crippen MR) is 142 cm³/mol. The zero-order chi connectivity index (χ0) is 24.4. The molecular formula is C23H28N4O4S4. The number of thioether (sulfide) groups is 1. The average molecular weight is 553 g/mol. The first-order valence-corrected chi connectivity index (χ1v) is 15.9. The number of ether oxygens (including phenoxy) is 1. The number of rotatable bonds is 8. The van der Waals surface area contributed by atoms with Crippen LogP contribution in [0.1, 0.15) is 12.8 Å². The van der Waals surface area contributed by atoms with Crippen molar-refractivity contribution in [3.05, 3.63) is 35.7 Å². The summed E-state index contributed by atoms with van der Waals surface area (Å²) in [6.07, 6.45) is 3.21. The van der Waals surface area contributed by atoms with Gasteiger partial charge in [-0.25, -0.2) is 13.4 Å². The molecular weight excluding hydrogens is 525 g/mol. The minimum Gasteiger partial charge on any atom is -0.379 e. The van der Waals surface area contributed by atoms with E-state index < -0.39 is 16.1 Å². The van der Waals surface area contributed by atoms with Gasteiger partial charge in [0.25, 0.3) is 10.0 Å². The van der Waals surface area contributed by atoms with Gasteiger partial charge in [0, 0.05) is 37.6 Å². The highest BCUT2D eigenvalue weighted by molar-refractivity contribution is 7.98. The van der Waals surface area contributed by atoms with Gasteiger partial charge in [-0.2, -0.15) is 4.31 Å². The number of nitrogens with zero attached hydrogens (tertiary/aromatic N) is 4. The second kappa shape index (κ2) is 10.8. The SMILES string of the molecule is CSc1ccc2nc(N(CCN3CCOCC3)C(=O)C3CCCN3S(=O)(=O)c3cccs3)sc2c1. The van der Waals surface area contributed by atoms with Crippen molar-refractivity contribution < 1.29 is 17.9 Å². The molecule has 1 atom stereocenters. The Labute approximate surface area is 217 Å². The van der Waals surface area contributed by atoms with E-state index in [2.05, 4.69) is 11.0 Å². The van der Waals surface area contributed by atoms with Gasteiger partial charge in [0.15, 0.2) is 5.13 Å². The molecule has 5 rings (SSSR count). The Bertz CT molecular complexity index is 1270.